The van der Waals surface area contributed by atoms with Gasteiger partial charge < -0.3 is 10.3 Å². The molecule has 0 radical (unpaired) electrons. The van der Waals surface area contributed by atoms with E-state index >= 15 is 0 Å². The van der Waals surface area contributed by atoms with Crippen molar-refractivity contribution in [2.45, 2.75) is 12.5 Å². The molecule has 0 bridgehead atoms. The number of hydrogen-bond donors (Lipinski definition) is 1. The Hall–Kier alpha value is -2.37. The number of fused-ring (bicyclic) bond motifs is 1. The van der Waals surface area contributed by atoms with E-state index in [9.17, 15) is 0 Å². The maximum atomic E-state index is 6.00. The summed E-state index contributed by atoms with van der Waals surface area (Å²) in [7, 11) is 2.05. The van der Waals surface area contributed by atoms with Crippen molar-refractivity contribution in [3.63, 3.8) is 0 Å². The fraction of sp³-hybridized carbons (Fsp3) is 0.158. The zero-order valence-electron chi connectivity index (χ0n) is 13.7. The van der Waals surface area contributed by atoms with E-state index in [1.807, 2.05) is 43.4 Å². The monoisotopic (exact) mass is 368 g/mol. The molecule has 2 aromatic carbocycles. The van der Waals surface area contributed by atoms with Crippen LogP contribution in [0, 0.1) is 0 Å². The van der Waals surface area contributed by atoms with Gasteiger partial charge in [-0.2, -0.15) is 5.10 Å². The first-order chi connectivity index (χ1) is 12.0. The second-order valence-electron chi connectivity index (χ2n) is 6.17. The molecule has 1 unspecified atom stereocenters. The first-order valence-electron chi connectivity index (χ1n) is 8.00. The lowest BCUT2D eigenvalue weighted by atomic mass is 9.98. The minimum Gasteiger partial charge on any atom is -0.375 e. The third-order valence-corrected chi connectivity index (χ3v) is 5.04. The van der Waals surface area contributed by atoms with Crippen LogP contribution in [0.5, 0.6) is 0 Å². The number of aromatic nitrogens is 1. The first-order valence-corrected chi connectivity index (χ1v) is 8.79. The number of hydrazone groups is 1. The molecular formula is C19H17ClN4S. The van der Waals surface area contributed by atoms with Gasteiger partial charge in [0.1, 0.15) is 0 Å². The van der Waals surface area contributed by atoms with Gasteiger partial charge in [-0.1, -0.05) is 41.9 Å². The van der Waals surface area contributed by atoms with Crippen molar-refractivity contribution in [3.8, 4) is 0 Å². The van der Waals surface area contributed by atoms with Crippen LogP contribution in [-0.2, 0) is 7.05 Å². The Bertz CT molecular complexity index is 990. The Labute approximate surface area is 156 Å². The fourth-order valence-corrected chi connectivity index (χ4v) is 3.71. The van der Waals surface area contributed by atoms with Gasteiger partial charge in [0.05, 0.1) is 11.8 Å². The Morgan fingerprint density at radius 1 is 1.20 bits per heavy atom. The summed E-state index contributed by atoms with van der Waals surface area (Å²) in [5.74, 6) is 0. The number of thiocarbonyl (C=S) groups is 1. The molecule has 2 heterocycles. The van der Waals surface area contributed by atoms with Crippen molar-refractivity contribution in [1.29, 1.82) is 0 Å². The average Bonchev–Trinajstić information content (AvgIpc) is 3.18. The van der Waals surface area contributed by atoms with Crippen molar-refractivity contribution in [1.82, 2.24) is 9.58 Å². The summed E-state index contributed by atoms with van der Waals surface area (Å²) in [6, 6.07) is 16.0. The van der Waals surface area contributed by atoms with Crippen LogP contribution in [0.4, 0.5) is 0 Å². The van der Waals surface area contributed by atoms with Crippen molar-refractivity contribution >= 4 is 45.5 Å². The standard InChI is InChI=1S/C19H17ClN4S/c1-23-11-15(14-4-2-3-5-17(14)23)18-10-16(22-24(18)19(21)25)12-6-8-13(20)9-7-12/h2-9,11,18H,10H2,1H3,(H2,21,25). The summed E-state index contributed by atoms with van der Waals surface area (Å²) in [6.07, 6.45) is 2.88. The van der Waals surface area contributed by atoms with Gasteiger partial charge in [0, 0.05) is 41.2 Å². The summed E-state index contributed by atoms with van der Waals surface area (Å²) < 4.78 is 2.13. The van der Waals surface area contributed by atoms with E-state index in [0.29, 0.717) is 5.02 Å². The molecule has 126 valence electrons. The highest BCUT2D eigenvalue weighted by Gasteiger charge is 2.32. The van der Waals surface area contributed by atoms with Gasteiger partial charge in [0.15, 0.2) is 5.11 Å². The zero-order valence-corrected chi connectivity index (χ0v) is 15.3. The van der Waals surface area contributed by atoms with Gasteiger partial charge in [-0.25, -0.2) is 5.01 Å². The minimum atomic E-state index is -0.00530. The van der Waals surface area contributed by atoms with Crippen LogP contribution in [0.25, 0.3) is 10.9 Å². The molecule has 4 rings (SSSR count). The summed E-state index contributed by atoms with van der Waals surface area (Å²) in [5, 5.41) is 8.63. The molecule has 1 atom stereocenters. The van der Waals surface area contributed by atoms with Crippen LogP contribution >= 0.6 is 23.8 Å². The Morgan fingerprint density at radius 2 is 1.92 bits per heavy atom. The molecule has 0 amide bonds. The predicted molar refractivity (Wildman–Crippen MR) is 107 cm³/mol. The van der Waals surface area contributed by atoms with Crippen molar-refractivity contribution in [2.75, 3.05) is 0 Å². The van der Waals surface area contributed by atoms with Crippen molar-refractivity contribution < 1.29 is 0 Å². The fourth-order valence-electron chi connectivity index (χ4n) is 3.41. The van der Waals surface area contributed by atoms with E-state index in [-0.39, 0.29) is 11.2 Å². The number of hydrogen-bond acceptors (Lipinski definition) is 2. The van der Waals surface area contributed by atoms with E-state index in [2.05, 4.69) is 22.9 Å². The van der Waals surface area contributed by atoms with Crippen LogP contribution < -0.4 is 5.73 Å². The molecule has 6 heteroatoms. The molecule has 1 aliphatic rings. The molecule has 3 aromatic rings. The van der Waals surface area contributed by atoms with Crippen LogP contribution in [-0.4, -0.2) is 20.4 Å². The molecule has 1 aliphatic heterocycles. The average molecular weight is 369 g/mol. The van der Waals surface area contributed by atoms with E-state index in [1.165, 1.54) is 16.5 Å². The molecule has 4 nitrogen and oxygen atoms in total. The molecule has 0 fully saturated rings. The molecule has 25 heavy (non-hydrogen) atoms. The van der Waals surface area contributed by atoms with Crippen LogP contribution in [0.15, 0.2) is 59.8 Å². The third kappa shape index (κ3) is 2.79. The van der Waals surface area contributed by atoms with Gasteiger partial charge in [-0.05, 0) is 36.0 Å². The van der Waals surface area contributed by atoms with Crippen molar-refractivity contribution in [3.05, 3.63) is 70.9 Å². The maximum Gasteiger partial charge on any atom is 0.187 e. The molecular weight excluding hydrogens is 352 g/mol. The Kier molecular flexibility index (Phi) is 3.98. The second-order valence-corrected chi connectivity index (χ2v) is 7.02. The van der Waals surface area contributed by atoms with Gasteiger partial charge in [-0.3, -0.25) is 0 Å². The summed E-state index contributed by atoms with van der Waals surface area (Å²) >= 11 is 11.3. The number of nitrogens with zero attached hydrogens (tertiary/aromatic N) is 3. The highest BCUT2D eigenvalue weighted by atomic mass is 35.5. The highest BCUT2D eigenvalue weighted by molar-refractivity contribution is 7.80. The lowest BCUT2D eigenvalue weighted by molar-refractivity contribution is 0.374. The normalized spacial score (nSPS) is 17.1. The van der Waals surface area contributed by atoms with Crippen LogP contribution in [0.3, 0.4) is 0 Å². The predicted octanol–water partition coefficient (Wildman–Crippen LogP) is 4.23. The Morgan fingerprint density at radius 3 is 2.64 bits per heavy atom. The van der Waals surface area contributed by atoms with Gasteiger partial charge in [0.2, 0.25) is 0 Å². The van der Waals surface area contributed by atoms with Gasteiger partial charge >= 0.3 is 0 Å². The molecule has 0 saturated carbocycles. The van der Waals surface area contributed by atoms with Crippen LogP contribution in [0.2, 0.25) is 5.02 Å². The van der Waals surface area contributed by atoms with Crippen molar-refractivity contribution in [2.24, 2.45) is 17.9 Å². The lowest BCUT2D eigenvalue weighted by Crippen LogP contribution is -2.31. The maximum absolute atomic E-state index is 6.00. The second kappa shape index (κ2) is 6.17. The molecule has 1 aromatic heterocycles. The largest absolute Gasteiger partial charge is 0.375 e. The number of rotatable bonds is 2. The number of aryl methyl sites for hydroxylation is 1. The third-order valence-electron chi connectivity index (χ3n) is 4.60. The zero-order chi connectivity index (χ0) is 17.6. The molecule has 0 saturated heterocycles. The van der Waals surface area contributed by atoms with E-state index < -0.39 is 0 Å². The quantitative estimate of drug-likeness (QED) is 0.688. The minimum absolute atomic E-state index is 0.00530. The van der Waals surface area contributed by atoms with E-state index in [0.717, 1.165) is 17.7 Å². The SMILES string of the molecule is Cn1cc(C2CC(c3ccc(Cl)cc3)=NN2C(N)=S)c2ccccc21. The lowest BCUT2D eigenvalue weighted by Gasteiger charge is -2.21. The summed E-state index contributed by atoms with van der Waals surface area (Å²) in [4.78, 5) is 0. The van der Waals surface area contributed by atoms with E-state index in [1.54, 1.807) is 5.01 Å². The number of para-hydroxylation sites is 1. The van der Waals surface area contributed by atoms with Crippen LogP contribution in [0.1, 0.15) is 23.6 Å². The highest BCUT2D eigenvalue weighted by Crippen LogP contribution is 2.37. The summed E-state index contributed by atoms with van der Waals surface area (Å²) in [5.41, 5.74) is 10.3. The molecule has 0 spiro atoms. The van der Waals surface area contributed by atoms with E-state index in [4.69, 9.17) is 34.7 Å². The number of benzene rings is 2. The summed E-state index contributed by atoms with van der Waals surface area (Å²) in [6.45, 7) is 0. The van der Waals surface area contributed by atoms with Gasteiger partial charge in [0.25, 0.3) is 0 Å². The molecule has 2 N–H and O–H groups in total. The number of nitrogens with two attached hydrogens (primary N) is 1. The first kappa shape index (κ1) is 16.1. The van der Waals surface area contributed by atoms with Gasteiger partial charge in [-0.15, -0.1) is 0 Å². The molecule has 0 aliphatic carbocycles. The smallest absolute Gasteiger partial charge is 0.187 e. The topological polar surface area (TPSA) is 46.5 Å². The Balaban J connectivity index is 1.77. The number of halogens is 1.